The molecule has 5 nitrogen and oxygen atoms in total. The Labute approximate surface area is 104 Å². The predicted molar refractivity (Wildman–Crippen MR) is 71.0 cm³/mol. The fourth-order valence-electron chi connectivity index (χ4n) is 1.93. The normalized spacial score (nSPS) is 12.8. The lowest BCUT2D eigenvalue weighted by Gasteiger charge is -2.30. The lowest BCUT2D eigenvalue weighted by molar-refractivity contribution is 0.372. The zero-order valence-corrected chi connectivity index (χ0v) is 11.2. The van der Waals surface area contributed by atoms with E-state index in [1.807, 2.05) is 0 Å². The molecule has 0 amide bonds. The molecule has 1 unspecified atom stereocenters. The molecule has 0 aliphatic carbocycles. The first-order chi connectivity index (χ1) is 8.08. The van der Waals surface area contributed by atoms with Crippen molar-refractivity contribution >= 4 is 5.82 Å². The first kappa shape index (κ1) is 13.9. The first-order valence-electron chi connectivity index (χ1n) is 6.00. The number of likely N-dealkylation sites (N-methyl/N-ethyl adjacent to an activating group) is 2. The summed E-state index contributed by atoms with van der Waals surface area (Å²) in [5.74, 6) is 0.916. The zero-order valence-electron chi connectivity index (χ0n) is 11.2. The molecule has 0 fully saturated rings. The molecular weight excluding hydrogens is 214 g/mol. The number of rotatable bonds is 6. The Morgan fingerprint density at radius 1 is 1.29 bits per heavy atom. The van der Waals surface area contributed by atoms with Gasteiger partial charge in [-0.3, -0.25) is 4.98 Å². The molecule has 1 heterocycles. The van der Waals surface area contributed by atoms with Gasteiger partial charge in [0.15, 0.2) is 0 Å². The average Bonchev–Trinajstić information content (AvgIpc) is 2.30. The van der Waals surface area contributed by atoms with Crippen molar-refractivity contribution in [2.75, 3.05) is 32.1 Å². The van der Waals surface area contributed by atoms with Crippen molar-refractivity contribution in [3.05, 3.63) is 18.1 Å². The molecule has 17 heavy (non-hydrogen) atoms. The molecule has 0 aliphatic heterocycles. The summed E-state index contributed by atoms with van der Waals surface area (Å²) in [6.07, 6.45) is 3.55. The highest BCUT2D eigenvalue weighted by Crippen LogP contribution is 2.12. The van der Waals surface area contributed by atoms with E-state index < -0.39 is 0 Å². The maximum absolute atomic E-state index is 5.51. The summed E-state index contributed by atoms with van der Waals surface area (Å²) in [7, 11) is 4.15. The van der Waals surface area contributed by atoms with Crippen LogP contribution in [0.25, 0.3) is 0 Å². The highest BCUT2D eigenvalue weighted by molar-refractivity contribution is 5.37. The molecular formula is C12H23N5. The summed E-state index contributed by atoms with van der Waals surface area (Å²) in [4.78, 5) is 13.1. The molecule has 0 aliphatic rings. The SMILES string of the molecule is CCN(c1cnc(CN)cn1)C(C)CN(C)C. The molecule has 5 heteroatoms. The summed E-state index contributed by atoms with van der Waals surface area (Å²) in [6, 6.07) is 0.410. The molecule has 0 aromatic carbocycles. The van der Waals surface area contributed by atoms with Crippen molar-refractivity contribution in [3.63, 3.8) is 0 Å². The van der Waals surface area contributed by atoms with Crippen LogP contribution in [0.4, 0.5) is 5.82 Å². The van der Waals surface area contributed by atoms with Crippen LogP contribution in [0.5, 0.6) is 0 Å². The summed E-state index contributed by atoms with van der Waals surface area (Å²) >= 11 is 0. The van der Waals surface area contributed by atoms with Gasteiger partial charge in [0.2, 0.25) is 0 Å². The third-order valence-corrected chi connectivity index (χ3v) is 2.70. The van der Waals surface area contributed by atoms with Crippen molar-refractivity contribution < 1.29 is 0 Å². The molecule has 1 aromatic heterocycles. The minimum Gasteiger partial charge on any atom is -0.352 e. The second-order valence-corrected chi connectivity index (χ2v) is 4.47. The summed E-state index contributed by atoms with van der Waals surface area (Å²) < 4.78 is 0. The number of aromatic nitrogens is 2. The number of hydrogen-bond acceptors (Lipinski definition) is 5. The second-order valence-electron chi connectivity index (χ2n) is 4.47. The minimum atomic E-state index is 0.410. The van der Waals surface area contributed by atoms with Crippen LogP contribution in [0.2, 0.25) is 0 Å². The zero-order chi connectivity index (χ0) is 12.8. The van der Waals surface area contributed by atoms with Crippen LogP contribution in [0.15, 0.2) is 12.4 Å². The third kappa shape index (κ3) is 3.94. The Morgan fingerprint density at radius 2 is 2.00 bits per heavy atom. The van der Waals surface area contributed by atoms with Gasteiger partial charge in [-0.1, -0.05) is 0 Å². The van der Waals surface area contributed by atoms with Crippen LogP contribution < -0.4 is 10.6 Å². The number of nitrogens with zero attached hydrogens (tertiary/aromatic N) is 4. The Bertz CT molecular complexity index is 322. The van der Waals surface area contributed by atoms with Crippen LogP contribution >= 0.6 is 0 Å². The minimum absolute atomic E-state index is 0.410. The van der Waals surface area contributed by atoms with Crippen LogP contribution in [0.1, 0.15) is 19.5 Å². The van der Waals surface area contributed by atoms with Gasteiger partial charge in [-0.05, 0) is 27.9 Å². The highest BCUT2D eigenvalue weighted by Gasteiger charge is 2.14. The van der Waals surface area contributed by atoms with Gasteiger partial charge in [0.05, 0.1) is 18.1 Å². The molecule has 1 aromatic rings. The van der Waals surface area contributed by atoms with E-state index in [9.17, 15) is 0 Å². The van der Waals surface area contributed by atoms with Crippen LogP contribution in [-0.4, -0.2) is 48.1 Å². The molecule has 0 saturated carbocycles. The Hall–Kier alpha value is -1.20. The number of nitrogens with two attached hydrogens (primary N) is 1. The molecule has 96 valence electrons. The van der Waals surface area contributed by atoms with Gasteiger partial charge in [-0.25, -0.2) is 4.98 Å². The maximum atomic E-state index is 5.51. The summed E-state index contributed by atoms with van der Waals surface area (Å²) in [5, 5.41) is 0. The Balaban J connectivity index is 2.77. The lowest BCUT2D eigenvalue weighted by atomic mass is 10.2. The van der Waals surface area contributed by atoms with Gasteiger partial charge in [0.25, 0.3) is 0 Å². The highest BCUT2D eigenvalue weighted by atomic mass is 15.2. The standard InChI is InChI=1S/C12H23N5/c1-5-17(10(2)9-16(3)4)12-8-14-11(6-13)7-15-12/h7-8,10H,5-6,9,13H2,1-4H3. The molecule has 0 bridgehead atoms. The third-order valence-electron chi connectivity index (χ3n) is 2.70. The van der Waals surface area contributed by atoms with E-state index in [1.54, 1.807) is 12.4 Å². The summed E-state index contributed by atoms with van der Waals surface area (Å²) in [5.41, 5.74) is 6.34. The predicted octanol–water partition coefficient (Wildman–Crippen LogP) is 0.712. The van der Waals surface area contributed by atoms with Crippen molar-refractivity contribution in [1.82, 2.24) is 14.9 Å². The van der Waals surface area contributed by atoms with E-state index in [0.717, 1.165) is 24.6 Å². The van der Waals surface area contributed by atoms with E-state index in [2.05, 4.69) is 47.7 Å². The van der Waals surface area contributed by atoms with Gasteiger partial charge in [0, 0.05) is 25.7 Å². The van der Waals surface area contributed by atoms with E-state index >= 15 is 0 Å². The van der Waals surface area contributed by atoms with E-state index in [0.29, 0.717) is 12.6 Å². The van der Waals surface area contributed by atoms with Gasteiger partial charge >= 0.3 is 0 Å². The van der Waals surface area contributed by atoms with Crippen molar-refractivity contribution in [2.24, 2.45) is 5.73 Å². The molecule has 1 atom stereocenters. The second kappa shape index (κ2) is 6.51. The Kier molecular flexibility index (Phi) is 5.31. The fourth-order valence-corrected chi connectivity index (χ4v) is 1.93. The van der Waals surface area contributed by atoms with Gasteiger partial charge in [-0.2, -0.15) is 0 Å². The smallest absolute Gasteiger partial charge is 0.147 e. The van der Waals surface area contributed by atoms with Crippen molar-refractivity contribution in [3.8, 4) is 0 Å². The van der Waals surface area contributed by atoms with Gasteiger partial charge < -0.3 is 15.5 Å². The van der Waals surface area contributed by atoms with Crippen molar-refractivity contribution in [1.29, 1.82) is 0 Å². The van der Waals surface area contributed by atoms with Crippen molar-refractivity contribution in [2.45, 2.75) is 26.4 Å². The lowest BCUT2D eigenvalue weighted by Crippen LogP contribution is -2.40. The number of anilines is 1. The quantitative estimate of drug-likeness (QED) is 0.789. The topological polar surface area (TPSA) is 58.3 Å². The van der Waals surface area contributed by atoms with Gasteiger partial charge in [0.1, 0.15) is 5.82 Å². The van der Waals surface area contributed by atoms with Gasteiger partial charge in [-0.15, -0.1) is 0 Å². The van der Waals surface area contributed by atoms with E-state index in [4.69, 9.17) is 5.73 Å². The molecule has 0 radical (unpaired) electrons. The largest absolute Gasteiger partial charge is 0.352 e. The number of hydrogen-bond donors (Lipinski definition) is 1. The monoisotopic (exact) mass is 237 g/mol. The van der Waals surface area contributed by atoms with E-state index in [-0.39, 0.29) is 0 Å². The molecule has 2 N–H and O–H groups in total. The summed E-state index contributed by atoms with van der Waals surface area (Å²) in [6.45, 7) is 6.68. The first-order valence-corrected chi connectivity index (χ1v) is 6.00. The molecule has 0 saturated heterocycles. The Morgan fingerprint density at radius 3 is 2.41 bits per heavy atom. The maximum Gasteiger partial charge on any atom is 0.147 e. The average molecular weight is 237 g/mol. The van der Waals surface area contributed by atoms with Crippen LogP contribution in [-0.2, 0) is 6.54 Å². The molecule has 1 rings (SSSR count). The molecule has 0 spiro atoms. The van der Waals surface area contributed by atoms with Crippen LogP contribution in [0, 0.1) is 0 Å². The van der Waals surface area contributed by atoms with Crippen LogP contribution in [0.3, 0.4) is 0 Å². The van der Waals surface area contributed by atoms with E-state index in [1.165, 1.54) is 0 Å². The fraction of sp³-hybridized carbons (Fsp3) is 0.667.